The first-order valence-electron chi connectivity index (χ1n) is 7.50. The van der Waals surface area contributed by atoms with E-state index in [0.717, 1.165) is 38.1 Å². The number of likely N-dealkylation sites (tertiary alicyclic amines) is 1. The molecule has 0 bridgehead atoms. The first-order valence-corrected chi connectivity index (χ1v) is 7.50. The van der Waals surface area contributed by atoms with Gasteiger partial charge in [0.05, 0.1) is 13.2 Å². The molecular formula is C14H25N3O2. The molecule has 1 aliphatic rings. The summed E-state index contributed by atoms with van der Waals surface area (Å²) in [7, 11) is 0. The van der Waals surface area contributed by atoms with Gasteiger partial charge in [0, 0.05) is 12.5 Å². The van der Waals surface area contributed by atoms with Crippen molar-refractivity contribution >= 4 is 0 Å². The van der Waals surface area contributed by atoms with E-state index in [2.05, 4.69) is 22.0 Å². The highest BCUT2D eigenvalue weighted by Gasteiger charge is 2.22. The largest absolute Gasteiger partial charge is 0.395 e. The summed E-state index contributed by atoms with van der Waals surface area (Å²) in [4.78, 5) is 6.72. The zero-order valence-electron chi connectivity index (χ0n) is 11.8. The molecule has 1 unspecified atom stereocenters. The van der Waals surface area contributed by atoms with Gasteiger partial charge in [-0.2, -0.15) is 4.98 Å². The smallest absolute Gasteiger partial charge is 0.240 e. The third-order valence-electron chi connectivity index (χ3n) is 3.81. The second kappa shape index (κ2) is 7.60. The molecule has 1 fully saturated rings. The Morgan fingerprint density at radius 1 is 1.37 bits per heavy atom. The van der Waals surface area contributed by atoms with Crippen LogP contribution < -0.4 is 0 Å². The van der Waals surface area contributed by atoms with Crippen LogP contribution in [-0.4, -0.2) is 39.3 Å². The summed E-state index contributed by atoms with van der Waals surface area (Å²) in [5, 5.41) is 13.5. The topological polar surface area (TPSA) is 62.4 Å². The van der Waals surface area contributed by atoms with Gasteiger partial charge in [-0.25, -0.2) is 0 Å². The van der Waals surface area contributed by atoms with Gasteiger partial charge in [-0.1, -0.05) is 31.3 Å². The molecule has 19 heavy (non-hydrogen) atoms. The molecule has 2 heterocycles. The van der Waals surface area contributed by atoms with Gasteiger partial charge in [-0.05, 0) is 25.8 Å². The lowest BCUT2D eigenvalue weighted by Gasteiger charge is -2.26. The molecule has 1 aromatic heterocycles. The van der Waals surface area contributed by atoms with Gasteiger partial charge in [-0.3, -0.25) is 4.90 Å². The molecule has 108 valence electrons. The lowest BCUT2D eigenvalue weighted by atomic mass is 10.1. The Kier molecular flexibility index (Phi) is 5.79. The zero-order chi connectivity index (χ0) is 13.5. The fourth-order valence-corrected chi connectivity index (χ4v) is 2.62. The van der Waals surface area contributed by atoms with Crippen molar-refractivity contribution in [2.45, 2.75) is 64.5 Å². The van der Waals surface area contributed by atoms with E-state index in [0.29, 0.717) is 12.4 Å². The molecule has 5 heteroatoms. The summed E-state index contributed by atoms with van der Waals surface area (Å²) in [5.41, 5.74) is 0. The van der Waals surface area contributed by atoms with Crippen molar-refractivity contribution in [2.24, 2.45) is 0 Å². The van der Waals surface area contributed by atoms with Crippen LogP contribution in [0.5, 0.6) is 0 Å². The van der Waals surface area contributed by atoms with Crippen LogP contribution in [0, 0.1) is 0 Å². The van der Waals surface area contributed by atoms with Crippen LogP contribution in [0.1, 0.15) is 57.2 Å². The summed E-state index contributed by atoms with van der Waals surface area (Å²) in [5.74, 6) is 1.50. The fraction of sp³-hybridized carbons (Fsp3) is 0.857. The molecular weight excluding hydrogens is 242 g/mol. The molecule has 1 aromatic rings. The number of unbranched alkanes of at least 4 members (excludes halogenated alkanes) is 1. The molecule has 1 atom stereocenters. The van der Waals surface area contributed by atoms with E-state index in [9.17, 15) is 5.11 Å². The Morgan fingerprint density at radius 3 is 3.05 bits per heavy atom. The predicted molar refractivity (Wildman–Crippen MR) is 72.7 cm³/mol. The van der Waals surface area contributed by atoms with Crippen molar-refractivity contribution < 1.29 is 9.63 Å². The number of nitrogens with zero attached hydrogens (tertiary/aromatic N) is 3. The van der Waals surface area contributed by atoms with E-state index in [1.807, 2.05) is 0 Å². The predicted octanol–water partition coefficient (Wildman–Crippen LogP) is 2.15. The highest BCUT2D eigenvalue weighted by molar-refractivity contribution is 4.88. The monoisotopic (exact) mass is 267 g/mol. The molecule has 2 rings (SSSR count). The standard InChI is InChI=1S/C14H25N3O2/c1-2-3-8-13-15-14(19-16-13)10-17-9-6-4-5-7-12(17)11-18/h12,18H,2-11H2,1H3. The maximum Gasteiger partial charge on any atom is 0.240 e. The van der Waals surface area contributed by atoms with Crippen molar-refractivity contribution in [3.63, 3.8) is 0 Å². The Labute approximate surface area is 115 Å². The maximum atomic E-state index is 9.48. The van der Waals surface area contributed by atoms with E-state index >= 15 is 0 Å². The van der Waals surface area contributed by atoms with Crippen LogP contribution in [0.15, 0.2) is 4.52 Å². The average molecular weight is 267 g/mol. The minimum atomic E-state index is 0.219. The summed E-state index contributed by atoms with van der Waals surface area (Å²) in [6.45, 7) is 4.06. The Balaban J connectivity index is 1.92. The number of aliphatic hydroxyl groups excluding tert-OH is 1. The molecule has 0 saturated carbocycles. The van der Waals surface area contributed by atoms with E-state index in [4.69, 9.17) is 4.52 Å². The van der Waals surface area contributed by atoms with Gasteiger partial charge in [0.2, 0.25) is 5.89 Å². The molecule has 0 aliphatic carbocycles. The van der Waals surface area contributed by atoms with Gasteiger partial charge in [-0.15, -0.1) is 0 Å². The third-order valence-corrected chi connectivity index (χ3v) is 3.81. The van der Waals surface area contributed by atoms with Crippen LogP contribution in [0.2, 0.25) is 0 Å². The minimum absolute atomic E-state index is 0.219. The van der Waals surface area contributed by atoms with Crippen LogP contribution in [-0.2, 0) is 13.0 Å². The van der Waals surface area contributed by atoms with Crippen molar-refractivity contribution in [2.75, 3.05) is 13.2 Å². The molecule has 0 spiro atoms. The molecule has 0 aromatic carbocycles. The van der Waals surface area contributed by atoms with Crippen LogP contribution in [0.4, 0.5) is 0 Å². The van der Waals surface area contributed by atoms with Crippen molar-refractivity contribution in [1.29, 1.82) is 0 Å². The molecule has 0 radical (unpaired) electrons. The van der Waals surface area contributed by atoms with Crippen LogP contribution in [0.3, 0.4) is 0 Å². The number of rotatable bonds is 6. The fourth-order valence-electron chi connectivity index (χ4n) is 2.62. The van der Waals surface area contributed by atoms with Gasteiger partial charge >= 0.3 is 0 Å². The van der Waals surface area contributed by atoms with Gasteiger partial charge in [0.25, 0.3) is 0 Å². The second-order valence-electron chi connectivity index (χ2n) is 5.36. The number of aryl methyl sites for hydroxylation is 1. The molecule has 1 N–H and O–H groups in total. The van der Waals surface area contributed by atoms with Crippen molar-refractivity contribution in [3.8, 4) is 0 Å². The Morgan fingerprint density at radius 2 is 2.26 bits per heavy atom. The van der Waals surface area contributed by atoms with Gasteiger partial charge < -0.3 is 9.63 Å². The molecule has 1 saturated heterocycles. The van der Waals surface area contributed by atoms with E-state index in [1.54, 1.807) is 0 Å². The Bertz CT molecular complexity index is 367. The average Bonchev–Trinajstić information content (AvgIpc) is 2.74. The summed E-state index contributed by atoms with van der Waals surface area (Å²) < 4.78 is 5.31. The number of hydrogen-bond acceptors (Lipinski definition) is 5. The number of aliphatic hydroxyl groups is 1. The van der Waals surface area contributed by atoms with Crippen molar-refractivity contribution in [1.82, 2.24) is 15.0 Å². The normalized spacial score (nSPS) is 21.5. The lowest BCUT2D eigenvalue weighted by molar-refractivity contribution is 0.107. The first kappa shape index (κ1) is 14.5. The molecule has 5 nitrogen and oxygen atoms in total. The summed E-state index contributed by atoms with van der Waals surface area (Å²) in [6, 6.07) is 0.244. The van der Waals surface area contributed by atoms with Gasteiger partial charge in [0.1, 0.15) is 0 Å². The third kappa shape index (κ3) is 4.28. The van der Waals surface area contributed by atoms with E-state index < -0.39 is 0 Å². The van der Waals surface area contributed by atoms with Crippen molar-refractivity contribution in [3.05, 3.63) is 11.7 Å². The maximum absolute atomic E-state index is 9.48. The Hall–Kier alpha value is -0.940. The van der Waals surface area contributed by atoms with E-state index in [1.165, 1.54) is 19.3 Å². The van der Waals surface area contributed by atoms with Gasteiger partial charge in [0.15, 0.2) is 5.82 Å². The second-order valence-corrected chi connectivity index (χ2v) is 5.36. The van der Waals surface area contributed by atoms with Crippen LogP contribution in [0.25, 0.3) is 0 Å². The quantitative estimate of drug-likeness (QED) is 0.855. The minimum Gasteiger partial charge on any atom is -0.395 e. The zero-order valence-corrected chi connectivity index (χ0v) is 11.8. The highest BCUT2D eigenvalue weighted by Crippen LogP contribution is 2.18. The van der Waals surface area contributed by atoms with E-state index in [-0.39, 0.29) is 12.6 Å². The number of aromatic nitrogens is 2. The molecule has 0 amide bonds. The summed E-state index contributed by atoms with van der Waals surface area (Å²) in [6.07, 6.45) is 7.83. The summed E-state index contributed by atoms with van der Waals surface area (Å²) >= 11 is 0. The molecule has 1 aliphatic heterocycles. The highest BCUT2D eigenvalue weighted by atomic mass is 16.5. The SMILES string of the molecule is CCCCc1noc(CN2CCCCCC2CO)n1. The lowest BCUT2D eigenvalue weighted by Crippen LogP contribution is -2.37. The number of hydrogen-bond donors (Lipinski definition) is 1. The van der Waals surface area contributed by atoms with Crippen LogP contribution >= 0.6 is 0 Å². The first-order chi connectivity index (χ1) is 9.33.